The van der Waals surface area contributed by atoms with Crippen LogP contribution in [0.4, 0.5) is 11.5 Å². The van der Waals surface area contributed by atoms with Crippen LogP contribution in [0, 0.1) is 6.92 Å². The van der Waals surface area contributed by atoms with Gasteiger partial charge in [-0.15, -0.1) is 0 Å². The van der Waals surface area contributed by atoms with E-state index in [1.54, 1.807) is 47.6 Å². The van der Waals surface area contributed by atoms with Crippen molar-refractivity contribution in [3.8, 4) is 5.95 Å². The lowest BCUT2D eigenvalue weighted by atomic mass is 10.1. The number of carbonyl (C=O) groups is 1. The average Bonchev–Trinajstić information content (AvgIpc) is 3.33. The monoisotopic (exact) mass is 484 g/mol. The Morgan fingerprint density at radius 1 is 1.24 bits per heavy atom. The van der Waals surface area contributed by atoms with Crippen molar-refractivity contribution in [3.05, 3.63) is 60.3 Å². The first-order valence-corrected chi connectivity index (χ1v) is 12.8. The molecule has 3 N–H and O–H groups in total. The maximum Gasteiger partial charge on any atom is 0.237 e. The van der Waals surface area contributed by atoms with Gasteiger partial charge in [-0.05, 0) is 24.6 Å². The Balaban J connectivity index is 1.39. The van der Waals surface area contributed by atoms with E-state index >= 15 is 0 Å². The fraction of sp³-hybridized carbons (Fsp3) is 0.364. The Bertz CT molecular complexity index is 1230. The van der Waals surface area contributed by atoms with Crippen molar-refractivity contribution in [2.24, 2.45) is 0 Å². The van der Waals surface area contributed by atoms with Gasteiger partial charge in [0, 0.05) is 62.4 Å². The topological polar surface area (TPSA) is 134 Å². The molecule has 11 nitrogen and oxygen atoms in total. The number of aryl methyl sites for hydroxylation is 1. The number of aromatic nitrogens is 4. The zero-order valence-electron chi connectivity index (χ0n) is 19.1. The number of nitrogens with zero attached hydrogens (tertiary/aromatic N) is 5. The third-order valence-corrected chi connectivity index (χ3v) is 5.98. The summed E-state index contributed by atoms with van der Waals surface area (Å²) in [5, 5.41) is 6.31. The fourth-order valence-electron chi connectivity index (χ4n) is 3.81. The second-order valence-electron chi connectivity index (χ2n) is 8.24. The molecule has 1 saturated heterocycles. The highest BCUT2D eigenvalue weighted by Crippen LogP contribution is 2.20. The van der Waals surface area contributed by atoms with E-state index in [0.717, 1.165) is 36.4 Å². The number of anilines is 2. The molecule has 1 aliphatic heterocycles. The Morgan fingerprint density at radius 2 is 2.03 bits per heavy atom. The molecule has 34 heavy (non-hydrogen) atoms. The highest BCUT2D eigenvalue weighted by Gasteiger charge is 2.26. The Kier molecular flexibility index (Phi) is 7.08. The summed E-state index contributed by atoms with van der Waals surface area (Å²) < 4.78 is 26.8. The summed E-state index contributed by atoms with van der Waals surface area (Å²) in [4.78, 5) is 28.2. The van der Waals surface area contributed by atoms with E-state index in [-0.39, 0.29) is 11.9 Å². The number of hydrogen-bond acceptors (Lipinski definition) is 8. The molecule has 3 aromatic rings. The Hall–Kier alpha value is -3.51. The molecular weight excluding hydrogens is 456 g/mol. The highest BCUT2D eigenvalue weighted by atomic mass is 32.2. The number of piperazine rings is 1. The van der Waals surface area contributed by atoms with Crippen molar-refractivity contribution >= 4 is 27.4 Å². The van der Waals surface area contributed by atoms with Gasteiger partial charge in [0.25, 0.3) is 0 Å². The van der Waals surface area contributed by atoms with Crippen LogP contribution in [0.15, 0.2) is 49.1 Å². The smallest absolute Gasteiger partial charge is 0.237 e. The molecule has 0 spiro atoms. The van der Waals surface area contributed by atoms with E-state index < -0.39 is 10.0 Å². The molecule has 0 bridgehead atoms. The first-order chi connectivity index (χ1) is 16.3. The number of imidazole rings is 1. The molecule has 4 rings (SSSR count). The first-order valence-electron chi connectivity index (χ1n) is 10.9. The van der Waals surface area contributed by atoms with Crippen LogP contribution in [0.1, 0.15) is 17.7 Å². The number of nitrogens with one attached hydrogen (secondary N) is 3. The van der Waals surface area contributed by atoms with Gasteiger partial charge in [0.1, 0.15) is 12.1 Å². The predicted molar refractivity (Wildman–Crippen MR) is 129 cm³/mol. The third-order valence-electron chi connectivity index (χ3n) is 5.38. The van der Waals surface area contributed by atoms with Crippen molar-refractivity contribution in [2.45, 2.75) is 25.9 Å². The quantitative estimate of drug-likeness (QED) is 0.428. The minimum atomic E-state index is -3.32. The van der Waals surface area contributed by atoms with E-state index in [9.17, 15) is 13.2 Å². The normalized spacial score (nSPS) is 16.3. The lowest BCUT2D eigenvalue weighted by Gasteiger charge is -2.37. The Labute approximate surface area is 198 Å². The SMILES string of the molecule is Cc1cc(N2CCNCC2CC(=O)NCc2ccc(NS(C)(=O)=O)cc2)nc(-n2ccnc2)n1. The molecule has 3 heterocycles. The first kappa shape index (κ1) is 23.6. The largest absolute Gasteiger partial charge is 0.352 e. The van der Waals surface area contributed by atoms with Gasteiger partial charge in [-0.1, -0.05) is 12.1 Å². The minimum absolute atomic E-state index is 0.0555. The fourth-order valence-corrected chi connectivity index (χ4v) is 4.38. The molecular formula is C22H28N8O3S. The molecule has 12 heteroatoms. The number of carbonyl (C=O) groups excluding carboxylic acids is 1. The number of sulfonamides is 1. The highest BCUT2D eigenvalue weighted by molar-refractivity contribution is 7.92. The zero-order chi connectivity index (χ0) is 24.1. The number of hydrogen-bond donors (Lipinski definition) is 3. The van der Waals surface area contributed by atoms with Gasteiger partial charge in [-0.2, -0.15) is 4.98 Å². The standard InChI is InChI=1S/C22H28N8O3S/c1-16-11-20(27-22(26-16)29-9-7-24-15-29)30-10-8-23-14-19(30)12-21(31)25-13-17-3-5-18(6-4-17)28-34(2,32)33/h3-7,9,11,15,19,23,28H,8,10,12-14H2,1-2H3,(H,25,31). The second kappa shape index (κ2) is 10.2. The molecule has 1 amide bonds. The lowest BCUT2D eigenvalue weighted by Crippen LogP contribution is -2.53. The summed E-state index contributed by atoms with van der Waals surface area (Å²) in [6, 6.07) is 8.78. The van der Waals surface area contributed by atoms with Crippen LogP contribution in [0.3, 0.4) is 0 Å². The summed E-state index contributed by atoms with van der Waals surface area (Å²) in [5.74, 6) is 1.25. The van der Waals surface area contributed by atoms with Crippen molar-refractivity contribution in [1.29, 1.82) is 0 Å². The van der Waals surface area contributed by atoms with Crippen LogP contribution in [-0.4, -0.2) is 65.8 Å². The van der Waals surface area contributed by atoms with E-state index in [1.165, 1.54) is 0 Å². The molecule has 2 aromatic heterocycles. The van der Waals surface area contributed by atoms with E-state index in [2.05, 4.69) is 30.2 Å². The molecule has 0 aliphatic carbocycles. The second-order valence-corrected chi connectivity index (χ2v) is 9.99. The molecule has 1 aliphatic rings. The van der Waals surface area contributed by atoms with Crippen molar-refractivity contribution in [1.82, 2.24) is 30.2 Å². The molecule has 180 valence electrons. The summed E-state index contributed by atoms with van der Waals surface area (Å²) in [7, 11) is -3.32. The van der Waals surface area contributed by atoms with Crippen LogP contribution in [-0.2, 0) is 21.4 Å². The summed E-state index contributed by atoms with van der Waals surface area (Å²) in [6.07, 6.45) is 6.55. The van der Waals surface area contributed by atoms with Crippen molar-refractivity contribution in [2.75, 3.05) is 35.5 Å². The van der Waals surface area contributed by atoms with Crippen molar-refractivity contribution < 1.29 is 13.2 Å². The molecule has 1 unspecified atom stereocenters. The van der Waals surface area contributed by atoms with Gasteiger partial charge < -0.3 is 15.5 Å². The van der Waals surface area contributed by atoms with Crippen molar-refractivity contribution in [3.63, 3.8) is 0 Å². The van der Waals surface area contributed by atoms with Gasteiger partial charge in [-0.25, -0.2) is 18.4 Å². The number of rotatable bonds is 8. The third kappa shape index (κ3) is 6.29. The molecule has 0 radical (unpaired) electrons. The van der Waals surface area contributed by atoms with Crippen LogP contribution in [0.2, 0.25) is 0 Å². The zero-order valence-corrected chi connectivity index (χ0v) is 19.9. The molecule has 1 atom stereocenters. The van der Waals surface area contributed by atoms with Crippen LogP contribution < -0.4 is 20.3 Å². The number of amides is 1. The number of benzene rings is 1. The van der Waals surface area contributed by atoms with Gasteiger partial charge >= 0.3 is 0 Å². The van der Waals surface area contributed by atoms with Crippen LogP contribution in [0.25, 0.3) is 5.95 Å². The van der Waals surface area contributed by atoms with E-state index in [1.807, 2.05) is 13.0 Å². The summed E-state index contributed by atoms with van der Waals surface area (Å²) in [5.41, 5.74) is 2.20. The molecule has 1 fully saturated rings. The van der Waals surface area contributed by atoms with Crippen LogP contribution in [0.5, 0.6) is 0 Å². The average molecular weight is 485 g/mol. The summed E-state index contributed by atoms with van der Waals surface area (Å²) >= 11 is 0. The van der Waals surface area contributed by atoms with Gasteiger partial charge in [0.2, 0.25) is 21.9 Å². The van der Waals surface area contributed by atoms with E-state index in [4.69, 9.17) is 4.98 Å². The van der Waals surface area contributed by atoms with E-state index in [0.29, 0.717) is 31.1 Å². The van der Waals surface area contributed by atoms with Gasteiger partial charge in [0.15, 0.2) is 0 Å². The maximum absolute atomic E-state index is 12.7. The lowest BCUT2D eigenvalue weighted by molar-refractivity contribution is -0.121. The molecule has 0 saturated carbocycles. The minimum Gasteiger partial charge on any atom is -0.352 e. The predicted octanol–water partition coefficient (Wildman–Crippen LogP) is 0.827. The molecule has 1 aromatic carbocycles. The Morgan fingerprint density at radius 3 is 2.74 bits per heavy atom. The van der Waals surface area contributed by atoms with Gasteiger partial charge in [-0.3, -0.25) is 14.1 Å². The maximum atomic E-state index is 12.7. The van der Waals surface area contributed by atoms with Crippen LogP contribution >= 0.6 is 0 Å². The summed E-state index contributed by atoms with van der Waals surface area (Å²) in [6.45, 7) is 4.48. The van der Waals surface area contributed by atoms with Gasteiger partial charge in [0.05, 0.1) is 12.3 Å².